The van der Waals surface area contributed by atoms with Gasteiger partial charge in [-0.2, -0.15) is 0 Å². The van der Waals surface area contributed by atoms with Gasteiger partial charge in [0.2, 0.25) is 0 Å². The van der Waals surface area contributed by atoms with E-state index in [4.69, 9.17) is 10.5 Å². The Morgan fingerprint density at radius 1 is 1.47 bits per heavy atom. The summed E-state index contributed by atoms with van der Waals surface area (Å²) in [5.74, 6) is 0.408. The van der Waals surface area contributed by atoms with E-state index in [0.29, 0.717) is 12.6 Å². The Balaban J connectivity index is 2.51. The summed E-state index contributed by atoms with van der Waals surface area (Å²) >= 11 is 0. The van der Waals surface area contributed by atoms with Gasteiger partial charge in [0.25, 0.3) is 0 Å². The van der Waals surface area contributed by atoms with E-state index in [1.54, 1.807) is 7.11 Å². The molecule has 0 saturated carbocycles. The van der Waals surface area contributed by atoms with Gasteiger partial charge < -0.3 is 15.8 Å². The number of ether oxygens (including phenoxy) is 1. The third kappa shape index (κ3) is 4.46. The zero-order valence-electron chi connectivity index (χ0n) is 9.10. The van der Waals surface area contributed by atoms with E-state index in [1.807, 2.05) is 37.3 Å². The van der Waals surface area contributed by atoms with Crippen molar-refractivity contribution in [2.75, 3.05) is 19.0 Å². The lowest BCUT2D eigenvalue weighted by Gasteiger charge is -2.08. The fourth-order valence-electron chi connectivity index (χ4n) is 1.22. The van der Waals surface area contributed by atoms with E-state index >= 15 is 0 Å². The number of nitrogens with zero attached hydrogens (tertiary/aromatic N) is 1. The van der Waals surface area contributed by atoms with Gasteiger partial charge in [0.15, 0.2) is 5.96 Å². The molecule has 4 nitrogen and oxygen atoms in total. The van der Waals surface area contributed by atoms with Crippen molar-refractivity contribution in [3.8, 4) is 0 Å². The standard InChI is InChI=1S/C11H17N3O/c1-9(8-15-2)13-11(12)14-10-6-4-3-5-7-10/h3-7,9H,8H2,1-2H3,(H3,12,13,14). The van der Waals surface area contributed by atoms with Crippen molar-refractivity contribution in [3.05, 3.63) is 30.3 Å². The number of benzene rings is 1. The first-order valence-electron chi connectivity index (χ1n) is 4.86. The van der Waals surface area contributed by atoms with Gasteiger partial charge >= 0.3 is 0 Å². The van der Waals surface area contributed by atoms with Crippen LogP contribution in [0.25, 0.3) is 0 Å². The summed E-state index contributed by atoms with van der Waals surface area (Å²) in [5.41, 5.74) is 6.65. The van der Waals surface area contributed by atoms with Gasteiger partial charge in [-0.15, -0.1) is 0 Å². The molecule has 1 aromatic carbocycles. The minimum atomic E-state index is 0.0613. The molecule has 0 saturated heterocycles. The van der Waals surface area contributed by atoms with Crippen molar-refractivity contribution < 1.29 is 4.74 Å². The fourth-order valence-corrected chi connectivity index (χ4v) is 1.22. The number of hydrogen-bond donors (Lipinski definition) is 2. The molecule has 1 unspecified atom stereocenters. The quantitative estimate of drug-likeness (QED) is 0.580. The number of nitrogens with one attached hydrogen (secondary N) is 1. The van der Waals surface area contributed by atoms with Crippen LogP contribution in [0.2, 0.25) is 0 Å². The number of guanidine groups is 1. The Kier molecular flexibility index (Phi) is 4.63. The molecule has 1 atom stereocenters. The molecule has 0 heterocycles. The van der Waals surface area contributed by atoms with Crippen LogP contribution in [0.5, 0.6) is 0 Å². The average molecular weight is 207 g/mol. The molecular formula is C11H17N3O. The first kappa shape index (κ1) is 11.5. The molecule has 0 fully saturated rings. The van der Waals surface area contributed by atoms with E-state index in [-0.39, 0.29) is 6.04 Å². The molecule has 3 N–H and O–H groups in total. The van der Waals surface area contributed by atoms with Crippen LogP contribution in [-0.2, 0) is 4.74 Å². The van der Waals surface area contributed by atoms with Crippen LogP contribution < -0.4 is 11.1 Å². The molecule has 0 amide bonds. The van der Waals surface area contributed by atoms with E-state index in [0.717, 1.165) is 5.69 Å². The lowest BCUT2D eigenvalue weighted by molar-refractivity contribution is 0.186. The number of nitrogens with two attached hydrogens (primary N) is 1. The number of anilines is 1. The average Bonchev–Trinajstić information content (AvgIpc) is 2.19. The highest BCUT2D eigenvalue weighted by molar-refractivity contribution is 5.92. The molecule has 0 aliphatic carbocycles. The number of methoxy groups -OCH3 is 1. The van der Waals surface area contributed by atoms with Crippen molar-refractivity contribution >= 4 is 11.6 Å². The van der Waals surface area contributed by atoms with Crippen LogP contribution in [0.1, 0.15) is 6.92 Å². The van der Waals surface area contributed by atoms with Crippen LogP contribution in [0.15, 0.2) is 35.3 Å². The lowest BCUT2D eigenvalue weighted by atomic mass is 10.3. The molecule has 0 aromatic heterocycles. The molecule has 0 aliphatic rings. The second-order valence-electron chi connectivity index (χ2n) is 3.31. The Hall–Kier alpha value is -1.55. The first-order chi connectivity index (χ1) is 7.22. The summed E-state index contributed by atoms with van der Waals surface area (Å²) in [6.07, 6.45) is 0. The zero-order valence-corrected chi connectivity index (χ0v) is 9.10. The molecule has 0 bridgehead atoms. The number of aliphatic imine (C=N–C) groups is 1. The highest BCUT2D eigenvalue weighted by Crippen LogP contribution is 2.04. The van der Waals surface area contributed by atoms with Gasteiger partial charge in [0, 0.05) is 12.8 Å². The van der Waals surface area contributed by atoms with Crippen molar-refractivity contribution in [2.45, 2.75) is 13.0 Å². The van der Waals surface area contributed by atoms with Crippen LogP contribution >= 0.6 is 0 Å². The number of hydrogen-bond acceptors (Lipinski definition) is 2. The van der Waals surface area contributed by atoms with Gasteiger partial charge in [-0.1, -0.05) is 18.2 Å². The van der Waals surface area contributed by atoms with E-state index in [9.17, 15) is 0 Å². The summed E-state index contributed by atoms with van der Waals surface area (Å²) in [4.78, 5) is 4.22. The summed E-state index contributed by atoms with van der Waals surface area (Å²) in [7, 11) is 1.65. The molecule has 0 spiro atoms. The predicted octanol–water partition coefficient (Wildman–Crippen LogP) is 1.45. The van der Waals surface area contributed by atoms with Crippen LogP contribution in [0.4, 0.5) is 5.69 Å². The highest BCUT2D eigenvalue weighted by atomic mass is 16.5. The summed E-state index contributed by atoms with van der Waals surface area (Å²) in [6, 6.07) is 9.76. The maximum Gasteiger partial charge on any atom is 0.193 e. The normalized spacial score (nSPS) is 13.6. The Bertz CT molecular complexity index is 311. The Morgan fingerprint density at radius 3 is 2.73 bits per heavy atom. The van der Waals surface area contributed by atoms with E-state index in [2.05, 4.69) is 10.3 Å². The second kappa shape index (κ2) is 6.03. The number of rotatable bonds is 4. The molecule has 0 radical (unpaired) electrons. The summed E-state index contributed by atoms with van der Waals surface area (Å²) in [5, 5.41) is 3.00. The molecule has 0 aliphatic heterocycles. The van der Waals surface area contributed by atoms with Gasteiger partial charge in [-0.25, -0.2) is 4.99 Å². The van der Waals surface area contributed by atoms with E-state index in [1.165, 1.54) is 0 Å². The topological polar surface area (TPSA) is 59.6 Å². The highest BCUT2D eigenvalue weighted by Gasteiger charge is 1.99. The van der Waals surface area contributed by atoms with Crippen LogP contribution in [0.3, 0.4) is 0 Å². The van der Waals surface area contributed by atoms with Crippen molar-refractivity contribution in [3.63, 3.8) is 0 Å². The lowest BCUT2D eigenvalue weighted by Crippen LogP contribution is -2.25. The maximum atomic E-state index is 5.72. The van der Waals surface area contributed by atoms with Gasteiger partial charge in [0.1, 0.15) is 0 Å². The van der Waals surface area contributed by atoms with Crippen LogP contribution in [0, 0.1) is 0 Å². The zero-order chi connectivity index (χ0) is 11.1. The Labute approximate surface area is 90.2 Å². The minimum absolute atomic E-state index is 0.0613. The molecular weight excluding hydrogens is 190 g/mol. The van der Waals surface area contributed by atoms with Gasteiger partial charge in [-0.3, -0.25) is 0 Å². The third-order valence-corrected chi connectivity index (χ3v) is 1.81. The second-order valence-corrected chi connectivity index (χ2v) is 3.31. The predicted molar refractivity (Wildman–Crippen MR) is 63.0 cm³/mol. The van der Waals surface area contributed by atoms with E-state index < -0.39 is 0 Å². The van der Waals surface area contributed by atoms with Crippen molar-refractivity contribution in [1.29, 1.82) is 0 Å². The number of para-hydroxylation sites is 1. The smallest absolute Gasteiger partial charge is 0.193 e. The summed E-state index contributed by atoms with van der Waals surface area (Å²) < 4.78 is 4.96. The molecule has 15 heavy (non-hydrogen) atoms. The minimum Gasteiger partial charge on any atom is -0.382 e. The fraction of sp³-hybridized carbons (Fsp3) is 0.364. The summed E-state index contributed by atoms with van der Waals surface area (Å²) in [6.45, 7) is 2.51. The molecule has 1 aromatic rings. The van der Waals surface area contributed by atoms with Crippen molar-refractivity contribution in [1.82, 2.24) is 0 Å². The first-order valence-corrected chi connectivity index (χ1v) is 4.86. The van der Waals surface area contributed by atoms with Gasteiger partial charge in [0.05, 0.1) is 12.6 Å². The van der Waals surface area contributed by atoms with Gasteiger partial charge in [-0.05, 0) is 19.1 Å². The third-order valence-electron chi connectivity index (χ3n) is 1.81. The molecule has 1 rings (SSSR count). The molecule has 82 valence electrons. The molecule has 4 heteroatoms. The van der Waals surface area contributed by atoms with Crippen molar-refractivity contribution in [2.24, 2.45) is 10.7 Å². The Morgan fingerprint density at radius 2 is 2.13 bits per heavy atom. The maximum absolute atomic E-state index is 5.72. The largest absolute Gasteiger partial charge is 0.382 e. The van der Waals surface area contributed by atoms with Crippen LogP contribution in [-0.4, -0.2) is 25.7 Å². The monoisotopic (exact) mass is 207 g/mol. The SMILES string of the molecule is COCC(C)N=C(N)Nc1ccccc1.